The molecular formula is C45H53N5O8. The Balaban J connectivity index is 1.38. The molecule has 0 saturated carbocycles. The number of ether oxygens (including phenoxy) is 6. The van der Waals surface area contributed by atoms with E-state index in [1.165, 1.54) is 4.57 Å². The first-order valence-electron chi connectivity index (χ1n) is 19.6. The highest BCUT2D eigenvalue weighted by atomic mass is 16.7. The monoisotopic (exact) mass is 791 g/mol. The molecule has 1 fully saturated rings. The maximum atomic E-state index is 13.6. The van der Waals surface area contributed by atoms with Crippen molar-refractivity contribution in [3.8, 4) is 17.6 Å². The van der Waals surface area contributed by atoms with Crippen molar-refractivity contribution in [1.82, 2.24) is 14.5 Å². The van der Waals surface area contributed by atoms with Gasteiger partial charge in [-0.25, -0.2) is 4.79 Å². The van der Waals surface area contributed by atoms with Crippen molar-refractivity contribution >= 4 is 5.82 Å². The number of nitrogens with zero attached hydrogens (tertiary/aromatic N) is 4. The van der Waals surface area contributed by atoms with Gasteiger partial charge in [-0.1, -0.05) is 54.6 Å². The van der Waals surface area contributed by atoms with Gasteiger partial charge < -0.3 is 38.2 Å². The zero-order valence-electron chi connectivity index (χ0n) is 33.9. The molecule has 0 amide bonds. The Morgan fingerprint density at radius 1 is 0.897 bits per heavy atom. The Kier molecular flexibility index (Phi) is 14.4. The lowest BCUT2D eigenvalue weighted by Gasteiger charge is -2.40. The van der Waals surface area contributed by atoms with Gasteiger partial charge in [0.05, 0.1) is 58.8 Å². The minimum Gasteiger partial charge on any atom is -0.497 e. The van der Waals surface area contributed by atoms with Crippen molar-refractivity contribution < 1.29 is 32.8 Å². The van der Waals surface area contributed by atoms with Gasteiger partial charge in [-0.05, 0) is 86.8 Å². The standard InChI is InChI=1S/C45H53N5O8/c1-31(2)50(32(3)4)44(55-27-11-24-46)58-39-28-42(49-25-23-41(48-43(49)51)47-29-38-14-10-26-54-38)57-40(39)30-56-45(33-12-8-7-9-13-33,34-15-19-36(52-5)20-16-34)35-17-21-37(53-6)22-18-35/h7-10,12-23,25-26,31-32,39-40,42,44H,11,27-30H2,1-6H3,(H,47,48,51)/t39-,40+,42+,44?/m0/s1. The Hall–Kier alpha value is -5.49. The summed E-state index contributed by atoms with van der Waals surface area (Å²) in [6.45, 7) is 8.89. The van der Waals surface area contributed by atoms with Crippen LogP contribution < -0.4 is 20.5 Å². The van der Waals surface area contributed by atoms with Crippen LogP contribution in [0.25, 0.3) is 0 Å². The molecule has 6 rings (SSSR count). The first kappa shape index (κ1) is 42.1. The third-order valence-corrected chi connectivity index (χ3v) is 10.2. The largest absolute Gasteiger partial charge is 0.497 e. The number of methoxy groups -OCH3 is 2. The molecule has 1 unspecified atom stereocenters. The molecule has 0 aliphatic carbocycles. The fraction of sp³-hybridized carbons (Fsp3) is 0.400. The van der Waals surface area contributed by atoms with E-state index in [0.717, 1.165) is 16.7 Å². The van der Waals surface area contributed by atoms with E-state index in [9.17, 15) is 10.1 Å². The summed E-state index contributed by atoms with van der Waals surface area (Å²) in [7, 11) is 3.27. The molecule has 0 bridgehead atoms. The topological polar surface area (TPSA) is 142 Å². The van der Waals surface area contributed by atoms with E-state index < -0.39 is 36.1 Å². The van der Waals surface area contributed by atoms with Crippen molar-refractivity contribution in [1.29, 1.82) is 5.26 Å². The molecule has 58 heavy (non-hydrogen) atoms. The SMILES string of the molecule is COc1ccc(C(OC[C@H]2O[C@@H](n3ccc(NCc4ccco4)nc3=O)C[C@@H]2OC(OCCC#N)N(C(C)C)C(C)C)(c2ccccc2)c2ccc(OC)cc2)cc1. The molecule has 1 aliphatic rings. The number of anilines is 1. The van der Waals surface area contributed by atoms with Crippen LogP contribution in [0.15, 0.2) is 119 Å². The maximum absolute atomic E-state index is 13.6. The molecule has 2 aromatic heterocycles. The second kappa shape index (κ2) is 19.8. The average molecular weight is 792 g/mol. The van der Waals surface area contributed by atoms with E-state index in [1.54, 1.807) is 38.8 Å². The zero-order valence-corrected chi connectivity index (χ0v) is 33.9. The summed E-state index contributed by atoms with van der Waals surface area (Å²) in [4.78, 5) is 20.0. The maximum Gasteiger partial charge on any atom is 0.351 e. The molecule has 306 valence electrons. The van der Waals surface area contributed by atoms with Gasteiger partial charge >= 0.3 is 5.69 Å². The third kappa shape index (κ3) is 9.78. The summed E-state index contributed by atoms with van der Waals surface area (Å²) in [6, 6.07) is 33.3. The Morgan fingerprint density at radius 3 is 2.09 bits per heavy atom. The molecule has 13 heteroatoms. The summed E-state index contributed by atoms with van der Waals surface area (Å²) in [6.07, 6.45) is 0.911. The van der Waals surface area contributed by atoms with Crippen molar-refractivity contribution in [2.24, 2.45) is 0 Å². The molecule has 1 saturated heterocycles. The molecule has 1 aliphatic heterocycles. The van der Waals surface area contributed by atoms with Gasteiger partial charge in [-0.15, -0.1) is 0 Å². The van der Waals surface area contributed by atoms with Crippen LogP contribution in [0.2, 0.25) is 0 Å². The van der Waals surface area contributed by atoms with Gasteiger partial charge in [0, 0.05) is 24.7 Å². The van der Waals surface area contributed by atoms with Gasteiger partial charge in [0.1, 0.15) is 41.0 Å². The predicted molar refractivity (Wildman–Crippen MR) is 218 cm³/mol. The predicted octanol–water partition coefficient (Wildman–Crippen LogP) is 7.48. The minimum atomic E-state index is -1.13. The number of hydrogen-bond donors (Lipinski definition) is 1. The molecule has 13 nitrogen and oxygen atoms in total. The van der Waals surface area contributed by atoms with Gasteiger partial charge in [-0.2, -0.15) is 10.2 Å². The van der Waals surface area contributed by atoms with E-state index in [0.29, 0.717) is 36.0 Å². The normalized spacial score (nSPS) is 17.4. The summed E-state index contributed by atoms with van der Waals surface area (Å²) in [5, 5.41) is 12.5. The third-order valence-electron chi connectivity index (χ3n) is 10.2. The van der Waals surface area contributed by atoms with Gasteiger partial charge in [-0.3, -0.25) is 9.47 Å². The number of nitrogens with one attached hydrogen (secondary N) is 1. The van der Waals surface area contributed by atoms with Gasteiger partial charge in [0.15, 0.2) is 0 Å². The van der Waals surface area contributed by atoms with Crippen LogP contribution in [0.5, 0.6) is 11.5 Å². The van der Waals surface area contributed by atoms with Crippen molar-refractivity contribution in [3.63, 3.8) is 0 Å². The Morgan fingerprint density at radius 2 is 1.53 bits per heavy atom. The van der Waals surface area contributed by atoms with Crippen LogP contribution >= 0.6 is 0 Å². The van der Waals surface area contributed by atoms with E-state index in [-0.39, 0.29) is 31.7 Å². The van der Waals surface area contributed by atoms with Crippen LogP contribution in [-0.4, -0.2) is 72.6 Å². The lowest BCUT2D eigenvalue weighted by atomic mass is 9.80. The van der Waals surface area contributed by atoms with E-state index in [4.69, 9.17) is 32.8 Å². The molecule has 4 atom stereocenters. The van der Waals surface area contributed by atoms with Crippen LogP contribution in [0, 0.1) is 11.3 Å². The van der Waals surface area contributed by atoms with E-state index in [2.05, 4.69) is 49.0 Å². The molecule has 5 aromatic rings. The Bertz CT molecular complexity index is 2040. The van der Waals surface area contributed by atoms with Crippen molar-refractivity contribution in [3.05, 3.63) is 142 Å². The fourth-order valence-corrected chi connectivity index (χ4v) is 7.40. The molecular weight excluding hydrogens is 739 g/mol. The van der Waals surface area contributed by atoms with Crippen LogP contribution in [-0.2, 0) is 31.1 Å². The fourth-order valence-electron chi connectivity index (χ4n) is 7.40. The number of aromatic nitrogens is 2. The first-order chi connectivity index (χ1) is 28.2. The lowest BCUT2D eigenvalue weighted by Crippen LogP contribution is -2.50. The van der Waals surface area contributed by atoms with Crippen molar-refractivity contribution in [2.45, 2.75) is 89.6 Å². The molecule has 3 aromatic carbocycles. The number of furan rings is 1. The quantitative estimate of drug-likeness (QED) is 0.0475. The van der Waals surface area contributed by atoms with Crippen LogP contribution in [0.1, 0.15) is 69.2 Å². The molecule has 0 radical (unpaired) electrons. The number of rotatable bonds is 20. The highest BCUT2D eigenvalue weighted by Crippen LogP contribution is 2.43. The zero-order chi connectivity index (χ0) is 41.1. The van der Waals surface area contributed by atoms with Crippen molar-refractivity contribution in [2.75, 3.05) is 32.8 Å². The highest BCUT2D eigenvalue weighted by Gasteiger charge is 2.44. The second-order valence-electron chi connectivity index (χ2n) is 14.5. The summed E-state index contributed by atoms with van der Waals surface area (Å²) in [5.74, 6) is 2.54. The summed E-state index contributed by atoms with van der Waals surface area (Å²) >= 11 is 0. The Labute approximate surface area is 340 Å². The van der Waals surface area contributed by atoms with Crippen LogP contribution in [0.3, 0.4) is 0 Å². The summed E-state index contributed by atoms with van der Waals surface area (Å²) in [5.41, 5.74) is 0.990. The first-order valence-corrected chi connectivity index (χ1v) is 19.6. The number of benzene rings is 3. The van der Waals surface area contributed by atoms with E-state index in [1.807, 2.05) is 84.9 Å². The smallest absolute Gasteiger partial charge is 0.351 e. The number of nitriles is 1. The average Bonchev–Trinajstić information content (AvgIpc) is 3.91. The minimum absolute atomic E-state index is 0.0452. The molecule has 0 spiro atoms. The number of hydrogen-bond acceptors (Lipinski definition) is 12. The molecule has 1 N–H and O–H groups in total. The molecule has 3 heterocycles. The van der Waals surface area contributed by atoms with Crippen LogP contribution in [0.4, 0.5) is 5.82 Å². The second-order valence-corrected chi connectivity index (χ2v) is 14.5. The van der Waals surface area contributed by atoms with Gasteiger partial charge in [0.2, 0.25) is 6.41 Å². The lowest BCUT2D eigenvalue weighted by molar-refractivity contribution is -0.267. The van der Waals surface area contributed by atoms with Gasteiger partial charge in [0.25, 0.3) is 0 Å². The van der Waals surface area contributed by atoms with E-state index >= 15 is 0 Å². The highest BCUT2D eigenvalue weighted by molar-refractivity contribution is 5.49. The summed E-state index contributed by atoms with van der Waals surface area (Å²) < 4.78 is 45.2.